The normalized spacial score (nSPS) is 15.6. The van der Waals surface area contributed by atoms with Crippen molar-refractivity contribution in [2.75, 3.05) is 23.7 Å². The molecule has 1 fully saturated rings. The van der Waals surface area contributed by atoms with Crippen LogP contribution < -0.4 is 10.6 Å². The van der Waals surface area contributed by atoms with Crippen LogP contribution in [-0.4, -0.2) is 23.1 Å². The van der Waals surface area contributed by atoms with Gasteiger partial charge < -0.3 is 10.6 Å². The molecule has 0 radical (unpaired) electrons. The molecule has 1 aliphatic rings. The van der Waals surface area contributed by atoms with Crippen LogP contribution >= 0.6 is 0 Å². The van der Waals surface area contributed by atoms with Gasteiger partial charge in [-0.2, -0.15) is 0 Å². The van der Waals surface area contributed by atoms with Gasteiger partial charge in [-0.3, -0.25) is 0 Å². The van der Waals surface area contributed by atoms with Crippen molar-refractivity contribution in [2.45, 2.75) is 65.2 Å². The molecule has 118 valence electrons. The highest BCUT2D eigenvalue weighted by atomic mass is 15.1. The largest absolute Gasteiger partial charge is 0.370 e. The highest BCUT2D eigenvalue weighted by molar-refractivity contribution is 5.48. The smallest absolute Gasteiger partial charge is 0.138 e. The first-order valence-electron chi connectivity index (χ1n) is 8.36. The third-order valence-corrected chi connectivity index (χ3v) is 4.04. The first-order chi connectivity index (χ1) is 9.99. The molecule has 2 rings (SSSR count). The van der Waals surface area contributed by atoms with E-state index in [1.807, 2.05) is 6.07 Å². The van der Waals surface area contributed by atoms with Gasteiger partial charge >= 0.3 is 0 Å². The van der Waals surface area contributed by atoms with Crippen molar-refractivity contribution in [3.8, 4) is 0 Å². The number of aromatic nitrogens is 2. The standard InChI is InChI=1S/C17H30N4/c1-5-10-18-14-12-15(19-11-9-13-7-6-8-13)21-16(20-14)17(2,3)4/h12-13H,5-11H2,1-4H3,(H2,18,19,20,21). The first kappa shape index (κ1) is 16.1. The van der Waals surface area contributed by atoms with E-state index in [1.165, 1.54) is 25.7 Å². The summed E-state index contributed by atoms with van der Waals surface area (Å²) in [4.78, 5) is 9.34. The quantitative estimate of drug-likeness (QED) is 0.790. The minimum absolute atomic E-state index is 0.0334. The van der Waals surface area contributed by atoms with Gasteiger partial charge in [-0.25, -0.2) is 9.97 Å². The zero-order valence-electron chi connectivity index (χ0n) is 14.0. The summed E-state index contributed by atoms with van der Waals surface area (Å²) in [5.74, 6) is 3.71. The van der Waals surface area contributed by atoms with Crippen LogP contribution in [0.2, 0.25) is 0 Å². The predicted molar refractivity (Wildman–Crippen MR) is 90.0 cm³/mol. The van der Waals surface area contributed by atoms with Crippen molar-refractivity contribution in [2.24, 2.45) is 5.92 Å². The molecule has 1 aromatic rings. The molecule has 1 saturated carbocycles. The van der Waals surface area contributed by atoms with Crippen LogP contribution in [0.5, 0.6) is 0 Å². The summed E-state index contributed by atoms with van der Waals surface area (Å²) >= 11 is 0. The molecule has 1 aliphatic carbocycles. The molecule has 1 aromatic heterocycles. The second kappa shape index (κ2) is 7.10. The van der Waals surface area contributed by atoms with E-state index in [9.17, 15) is 0 Å². The van der Waals surface area contributed by atoms with Crippen LogP contribution in [0.3, 0.4) is 0 Å². The Kier molecular flexibility index (Phi) is 5.43. The zero-order chi connectivity index (χ0) is 15.3. The maximum atomic E-state index is 4.69. The minimum Gasteiger partial charge on any atom is -0.370 e. The Morgan fingerprint density at radius 2 is 1.71 bits per heavy atom. The molecule has 4 nitrogen and oxygen atoms in total. The van der Waals surface area contributed by atoms with Gasteiger partial charge in [0, 0.05) is 24.6 Å². The van der Waals surface area contributed by atoms with Crippen LogP contribution in [0.15, 0.2) is 6.07 Å². The van der Waals surface area contributed by atoms with Gasteiger partial charge in [-0.1, -0.05) is 47.0 Å². The van der Waals surface area contributed by atoms with Gasteiger partial charge in [-0.15, -0.1) is 0 Å². The average Bonchev–Trinajstić information content (AvgIpc) is 2.38. The SMILES string of the molecule is CCCNc1cc(NCCC2CCC2)nc(C(C)(C)C)n1. The monoisotopic (exact) mass is 290 g/mol. The number of hydrogen-bond acceptors (Lipinski definition) is 4. The van der Waals surface area contributed by atoms with Crippen molar-refractivity contribution in [1.29, 1.82) is 0 Å². The third kappa shape index (κ3) is 4.87. The summed E-state index contributed by atoms with van der Waals surface area (Å²) in [6, 6.07) is 2.03. The van der Waals surface area contributed by atoms with Gasteiger partial charge in [0.15, 0.2) is 0 Å². The van der Waals surface area contributed by atoms with Crippen LogP contribution in [0.25, 0.3) is 0 Å². The van der Waals surface area contributed by atoms with Gasteiger partial charge in [-0.05, 0) is 18.8 Å². The molecule has 0 atom stereocenters. The van der Waals surface area contributed by atoms with Crippen molar-refractivity contribution in [3.05, 3.63) is 11.9 Å². The lowest BCUT2D eigenvalue weighted by Crippen LogP contribution is -2.20. The summed E-state index contributed by atoms with van der Waals surface area (Å²) < 4.78 is 0. The van der Waals surface area contributed by atoms with Crippen LogP contribution in [0.1, 0.15) is 65.6 Å². The number of hydrogen-bond donors (Lipinski definition) is 2. The summed E-state index contributed by atoms with van der Waals surface area (Å²) in [7, 11) is 0. The van der Waals surface area contributed by atoms with Crippen molar-refractivity contribution < 1.29 is 0 Å². The number of nitrogens with one attached hydrogen (secondary N) is 2. The molecule has 0 unspecified atom stereocenters. The van der Waals surface area contributed by atoms with Crippen molar-refractivity contribution in [3.63, 3.8) is 0 Å². The predicted octanol–water partition coefficient (Wildman–Crippen LogP) is 4.20. The molecule has 0 saturated heterocycles. The van der Waals surface area contributed by atoms with Crippen molar-refractivity contribution in [1.82, 2.24) is 9.97 Å². The lowest BCUT2D eigenvalue weighted by molar-refractivity contribution is 0.303. The summed E-state index contributed by atoms with van der Waals surface area (Å²) in [5, 5.41) is 6.86. The van der Waals surface area contributed by atoms with Gasteiger partial charge in [0.1, 0.15) is 17.5 Å². The molecule has 4 heteroatoms. The molecule has 0 amide bonds. The number of rotatable bonds is 7. The fraction of sp³-hybridized carbons (Fsp3) is 0.765. The van der Waals surface area contributed by atoms with Crippen LogP contribution in [0, 0.1) is 5.92 Å². The lowest BCUT2D eigenvalue weighted by atomic mass is 9.83. The maximum Gasteiger partial charge on any atom is 0.138 e. The van der Waals surface area contributed by atoms with E-state index in [2.05, 4.69) is 43.3 Å². The molecule has 0 aromatic carbocycles. The number of anilines is 2. The Balaban J connectivity index is 2.02. The Labute approximate surface area is 129 Å². The van der Waals surface area contributed by atoms with E-state index in [1.54, 1.807) is 0 Å². The molecular weight excluding hydrogens is 260 g/mol. The fourth-order valence-corrected chi connectivity index (χ4v) is 2.40. The number of nitrogens with zero attached hydrogens (tertiary/aromatic N) is 2. The minimum atomic E-state index is -0.0334. The van der Waals surface area contributed by atoms with E-state index in [0.717, 1.165) is 42.9 Å². The molecule has 0 aliphatic heterocycles. The Hall–Kier alpha value is -1.32. The van der Waals surface area contributed by atoms with Gasteiger partial charge in [0.25, 0.3) is 0 Å². The second-order valence-corrected chi connectivity index (χ2v) is 7.15. The van der Waals surface area contributed by atoms with Crippen LogP contribution in [-0.2, 0) is 5.41 Å². The van der Waals surface area contributed by atoms with Crippen LogP contribution in [0.4, 0.5) is 11.6 Å². The van der Waals surface area contributed by atoms with Gasteiger partial charge in [0.05, 0.1) is 0 Å². The Morgan fingerprint density at radius 3 is 2.19 bits per heavy atom. The zero-order valence-corrected chi connectivity index (χ0v) is 14.0. The molecule has 1 heterocycles. The molecule has 0 spiro atoms. The maximum absolute atomic E-state index is 4.69. The summed E-state index contributed by atoms with van der Waals surface area (Å²) in [6.07, 6.45) is 6.58. The van der Waals surface area contributed by atoms with E-state index >= 15 is 0 Å². The van der Waals surface area contributed by atoms with E-state index < -0.39 is 0 Å². The highest BCUT2D eigenvalue weighted by Gasteiger charge is 2.20. The van der Waals surface area contributed by atoms with E-state index in [-0.39, 0.29) is 5.41 Å². The Morgan fingerprint density at radius 1 is 1.10 bits per heavy atom. The first-order valence-corrected chi connectivity index (χ1v) is 8.36. The third-order valence-electron chi connectivity index (χ3n) is 4.04. The molecule has 2 N–H and O–H groups in total. The Bertz CT molecular complexity index is 447. The van der Waals surface area contributed by atoms with E-state index in [4.69, 9.17) is 4.98 Å². The average molecular weight is 290 g/mol. The van der Waals surface area contributed by atoms with E-state index in [0.29, 0.717) is 0 Å². The highest BCUT2D eigenvalue weighted by Crippen LogP contribution is 2.29. The molecular formula is C17H30N4. The second-order valence-electron chi connectivity index (χ2n) is 7.15. The van der Waals surface area contributed by atoms with Gasteiger partial charge in [0.2, 0.25) is 0 Å². The fourth-order valence-electron chi connectivity index (χ4n) is 2.40. The topological polar surface area (TPSA) is 49.8 Å². The molecule has 0 bridgehead atoms. The lowest BCUT2D eigenvalue weighted by Gasteiger charge is -2.25. The summed E-state index contributed by atoms with van der Waals surface area (Å²) in [5.41, 5.74) is -0.0334. The molecule has 21 heavy (non-hydrogen) atoms. The van der Waals surface area contributed by atoms with Crippen molar-refractivity contribution >= 4 is 11.6 Å². The summed E-state index contributed by atoms with van der Waals surface area (Å²) in [6.45, 7) is 10.6.